The molecule has 2 nitrogen and oxygen atoms in total. The molecule has 0 aliphatic carbocycles. The standard InChI is InChI=1S/C14H18N2/c1-4-12-10-13(5-2)16(15-12)14-9-7-6-8-11(14)3/h6-10H,4-5H2,1-3H3. The number of nitrogens with zero attached hydrogens (tertiary/aromatic N) is 2. The summed E-state index contributed by atoms with van der Waals surface area (Å²) in [4.78, 5) is 0. The lowest BCUT2D eigenvalue weighted by Crippen LogP contribution is -2.03. The SMILES string of the molecule is CCc1cc(CC)n(-c2ccccc2C)n1. The molecule has 0 unspecified atom stereocenters. The molecule has 0 aliphatic heterocycles. The summed E-state index contributed by atoms with van der Waals surface area (Å²) in [6.45, 7) is 6.44. The molecule has 0 N–H and O–H groups in total. The molecule has 0 atom stereocenters. The van der Waals surface area contributed by atoms with Gasteiger partial charge >= 0.3 is 0 Å². The van der Waals surface area contributed by atoms with Crippen LogP contribution in [0.25, 0.3) is 5.69 Å². The zero-order valence-corrected chi connectivity index (χ0v) is 10.2. The van der Waals surface area contributed by atoms with Gasteiger partial charge in [-0.25, -0.2) is 4.68 Å². The van der Waals surface area contributed by atoms with Gasteiger partial charge in [-0.15, -0.1) is 0 Å². The Labute approximate surface area is 96.9 Å². The minimum absolute atomic E-state index is 0.992. The molecule has 0 spiro atoms. The first-order valence-corrected chi connectivity index (χ1v) is 5.90. The quantitative estimate of drug-likeness (QED) is 0.766. The third kappa shape index (κ3) is 1.87. The number of para-hydroxylation sites is 1. The van der Waals surface area contributed by atoms with E-state index in [4.69, 9.17) is 0 Å². The predicted molar refractivity (Wildman–Crippen MR) is 67.1 cm³/mol. The highest BCUT2D eigenvalue weighted by Crippen LogP contribution is 2.17. The van der Waals surface area contributed by atoms with Crippen LogP contribution in [-0.4, -0.2) is 9.78 Å². The molecule has 0 saturated carbocycles. The van der Waals surface area contributed by atoms with E-state index >= 15 is 0 Å². The number of benzene rings is 1. The highest BCUT2D eigenvalue weighted by Gasteiger charge is 2.08. The summed E-state index contributed by atoms with van der Waals surface area (Å²) >= 11 is 0. The normalized spacial score (nSPS) is 10.7. The van der Waals surface area contributed by atoms with Gasteiger partial charge < -0.3 is 0 Å². The molecule has 1 heterocycles. The highest BCUT2D eigenvalue weighted by molar-refractivity contribution is 5.41. The van der Waals surface area contributed by atoms with E-state index in [0.29, 0.717) is 0 Å². The van der Waals surface area contributed by atoms with Crippen molar-refractivity contribution < 1.29 is 0 Å². The molecule has 2 heteroatoms. The zero-order chi connectivity index (χ0) is 11.5. The molecular formula is C14H18N2. The van der Waals surface area contributed by atoms with E-state index < -0.39 is 0 Å². The van der Waals surface area contributed by atoms with Crippen LogP contribution < -0.4 is 0 Å². The van der Waals surface area contributed by atoms with Crippen molar-refractivity contribution in [2.75, 3.05) is 0 Å². The van der Waals surface area contributed by atoms with Gasteiger partial charge in [0, 0.05) is 5.69 Å². The summed E-state index contributed by atoms with van der Waals surface area (Å²) in [6, 6.07) is 10.6. The smallest absolute Gasteiger partial charge is 0.0678 e. The average molecular weight is 214 g/mol. The fourth-order valence-corrected chi connectivity index (χ4v) is 1.91. The molecule has 0 radical (unpaired) electrons. The average Bonchev–Trinajstić information content (AvgIpc) is 2.72. The Morgan fingerprint density at radius 2 is 1.88 bits per heavy atom. The second-order valence-electron chi connectivity index (χ2n) is 4.03. The molecule has 1 aromatic carbocycles. The molecule has 0 fully saturated rings. The van der Waals surface area contributed by atoms with Crippen molar-refractivity contribution in [3.8, 4) is 5.69 Å². The van der Waals surface area contributed by atoms with E-state index in [0.717, 1.165) is 12.8 Å². The maximum absolute atomic E-state index is 4.65. The van der Waals surface area contributed by atoms with Crippen molar-refractivity contribution >= 4 is 0 Å². The third-order valence-electron chi connectivity index (χ3n) is 2.90. The van der Waals surface area contributed by atoms with Crippen LogP contribution in [0.5, 0.6) is 0 Å². The molecule has 2 aromatic rings. The third-order valence-corrected chi connectivity index (χ3v) is 2.90. The van der Waals surface area contributed by atoms with Gasteiger partial charge in [0.05, 0.1) is 11.4 Å². The van der Waals surface area contributed by atoms with Crippen molar-refractivity contribution in [3.63, 3.8) is 0 Å². The first kappa shape index (κ1) is 10.9. The van der Waals surface area contributed by atoms with Gasteiger partial charge in [-0.05, 0) is 37.5 Å². The molecule has 0 bridgehead atoms. The van der Waals surface area contributed by atoms with E-state index in [2.05, 4.69) is 60.9 Å². The van der Waals surface area contributed by atoms with Crippen molar-refractivity contribution in [1.82, 2.24) is 9.78 Å². The maximum Gasteiger partial charge on any atom is 0.0678 e. The Bertz CT molecular complexity index is 483. The summed E-state index contributed by atoms with van der Waals surface area (Å²) in [5.74, 6) is 0. The van der Waals surface area contributed by atoms with Gasteiger partial charge in [0.15, 0.2) is 0 Å². The van der Waals surface area contributed by atoms with Crippen LogP contribution in [0.3, 0.4) is 0 Å². The van der Waals surface area contributed by atoms with Gasteiger partial charge in [-0.1, -0.05) is 32.0 Å². The molecule has 16 heavy (non-hydrogen) atoms. The maximum atomic E-state index is 4.65. The van der Waals surface area contributed by atoms with E-state index in [1.807, 2.05) is 0 Å². The number of aryl methyl sites for hydroxylation is 3. The molecule has 0 amide bonds. The second-order valence-corrected chi connectivity index (χ2v) is 4.03. The van der Waals surface area contributed by atoms with Gasteiger partial charge in [0.2, 0.25) is 0 Å². The number of aromatic nitrogens is 2. The molecule has 0 aliphatic rings. The van der Waals surface area contributed by atoms with Crippen LogP contribution in [0.1, 0.15) is 30.8 Å². The van der Waals surface area contributed by atoms with E-state index in [1.165, 1.54) is 22.6 Å². The Morgan fingerprint density at radius 3 is 2.50 bits per heavy atom. The van der Waals surface area contributed by atoms with Gasteiger partial charge in [-0.3, -0.25) is 0 Å². The Balaban J connectivity index is 2.54. The van der Waals surface area contributed by atoms with Crippen molar-refractivity contribution in [1.29, 1.82) is 0 Å². The number of hydrogen-bond acceptors (Lipinski definition) is 1. The minimum atomic E-state index is 0.992. The topological polar surface area (TPSA) is 17.8 Å². The minimum Gasteiger partial charge on any atom is -0.237 e. The molecular weight excluding hydrogens is 196 g/mol. The van der Waals surface area contributed by atoms with E-state index in [9.17, 15) is 0 Å². The van der Waals surface area contributed by atoms with Crippen LogP contribution in [0, 0.1) is 6.92 Å². The predicted octanol–water partition coefficient (Wildman–Crippen LogP) is 3.31. The molecule has 1 aromatic heterocycles. The lowest BCUT2D eigenvalue weighted by atomic mass is 10.2. The van der Waals surface area contributed by atoms with Crippen molar-refractivity contribution in [3.05, 3.63) is 47.3 Å². The number of hydrogen-bond donors (Lipinski definition) is 0. The Hall–Kier alpha value is -1.57. The summed E-state index contributed by atoms with van der Waals surface area (Å²) in [5.41, 5.74) is 4.91. The van der Waals surface area contributed by atoms with Crippen LogP contribution in [-0.2, 0) is 12.8 Å². The van der Waals surface area contributed by atoms with Crippen LogP contribution in [0.2, 0.25) is 0 Å². The van der Waals surface area contributed by atoms with Crippen molar-refractivity contribution in [2.24, 2.45) is 0 Å². The Kier molecular flexibility index (Phi) is 3.09. The second kappa shape index (κ2) is 4.52. The first-order chi connectivity index (χ1) is 7.76. The lowest BCUT2D eigenvalue weighted by molar-refractivity contribution is 0.789. The summed E-state index contributed by atoms with van der Waals surface area (Å²) < 4.78 is 2.08. The van der Waals surface area contributed by atoms with Crippen LogP contribution in [0.15, 0.2) is 30.3 Å². The monoisotopic (exact) mass is 214 g/mol. The molecule has 84 valence electrons. The van der Waals surface area contributed by atoms with Gasteiger partial charge in [-0.2, -0.15) is 5.10 Å². The summed E-state index contributed by atoms with van der Waals surface area (Å²) in [5, 5.41) is 4.65. The summed E-state index contributed by atoms with van der Waals surface area (Å²) in [6.07, 6.45) is 2.01. The number of rotatable bonds is 3. The van der Waals surface area contributed by atoms with Gasteiger partial charge in [0.1, 0.15) is 0 Å². The fourth-order valence-electron chi connectivity index (χ4n) is 1.91. The Morgan fingerprint density at radius 1 is 1.12 bits per heavy atom. The molecule has 2 rings (SSSR count). The fraction of sp³-hybridized carbons (Fsp3) is 0.357. The molecule has 0 saturated heterocycles. The largest absolute Gasteiger partial charge is 0.237 e. The highest BCUT2D eigenvalue weighted by atomic mass is 15.3. The summed E-state index contributed by atoms with van der Waals surface area (Å²) in [7, 11) is 0. The van der Waals surface area contributed by atoms with E-state index in [-0.39, 0.29) is 0 Å². The van der Waals surface area contributed by atoms with Crippen LogP contribution in [0.4, 0.5) is 0 Å². The first-order valence-electron chi connectivity index (χ1n) is 5.90. The van der Waals surface area contributed by atoms with Crippen molar-refractivity contribution in [2.45, 2.75) is 33.6 Å². The lowest BCUT2D eigenvalue weighted by Gasteiger charge is -2.08. The zero-order valence-electron chi connectivity index (χ0n) is 10.2. The van der Waals surface area contributed by atoms with Crippen LogP contribution >= 0.6 is 0 Å². The van der Waals surface area contributed by atoms with Gasteiger partial charge in [0.25, 0.3) is 0 Å². The van der Waals surface area contributed by atoms with E-state index in [1.54, 1.807) is 0 Å².